The van der Waals surface area contributed by atoms with Gasteiger partial charge in [-0.15, -0.1) is 0 Å². The molecule has 0 nitrogen and oxygen atoms in total. The number of hydrogen-bond donors (Lipinski definition) is 0. The summed E-state index contributed by atoms with van der Waals surface area (Å²) < 4.78 is 1.29. The highest BCUT2D eigenvalue weighted by Crippen LogP contribution is 2.15. The van der Waals surface area contributed by atoms with E-state index in [9.17, 15) is 0 Å². The number of benzene rings is 1. The first kappa shape index (κ1) is 8.78. The van der Waals surface area contributed by atoms with Crippen molar-refractivity contribution >= 4 is 28.2 Å². The van der Waals surface area contributed by atoms with Crippen LogP contribution in [0.1, 0.15) is 19.4 Å². The Labute approximate surface area is 81.5 Å². The molecule has 1 heteroatoms. The zero-order valence-electron chi connectivity index (χ0n) is 6.76. The third-order valence-electron chi connectivity index (χ3n) is 1.71. The molecule has 0 saturated heterocycles. The Hall–Kier alpha value is -0.310. The first-order valence-corrected chi connectivity index (χ1v) is 4.71. The first-order chi connectivity index (χ1) is 5.24. The van der Waals surface area contributed by atoms with E-state index in [1.165, 1.54) is 14.7 Å². The minimum atomic E-state index is 1.29. The molecule has 0 aliphatic rings. The topological polar surface area (TPSA) is 0 Å². The van der Waals surface area contributed by atoms with Gasteiger partial charge >= 0.3 is 0 Å². The Morgan fingerprint density at radius 1 is 1.45 bits per heavy atom. The van der Waals surface area contributed by atoms with Gasteiger partial charge in [0.25, 0.3) is 0 Å². The monoisotopic (exact) mass is 258 g/mol. The van der Waals surface area contributed by atoms with E-state index in [-0.39, 0.29) is 0 Å². The van der Waals surface area contributed by atoms with Gasteiger partial charge in [-0.2, -0.15) is 0 Å². The number of halogens is 1. The second-order valence-corrected chi connectivity index (χ2v) is 3.73. The van der Waals surface area contributed by atoms with Gasteiger partial charge in [-0.05, 0) is 59.7 Å². The van der Waals surface area contributed by atoms with Gasteiger partial charge < -0.3 is 0 Å². The summed E-state index contributed by atoms with van der Waals surface area (Å²) in [5, 5.41) is 0. The van der Waals surface area contributed by atoms with E-state index >= 15 is 0 Å². The molecule has 0 aliphatic heterocycles. The van der Waals surface area contributed by atoms with E-state index in [0.29, 0.717) is 0 Å². The van der Waals surface area contributed by atoms with Crippen molar-refractivity contribution in [2.75, 3.05) is 0 Å². The SMILES string of the molecule is C/C=C(\C)c1cccc(I)c1. The molecule has 0 saturated carbocycles. The van der Waals surface area contributed by atoms with Gasteiger partial charge in [0.2, 0.25) is 0 Å². The molecule has 1 aromatic rings. The molecular formula is C10H11I. The zero-order chi connectivity index (χ0) is 8.27. The second-order valence-electron chi connectivity index (χ2n) is 2.48. The van der Waals surface area contributed by atoms with E-state index in [1.54, 1.807) is 0 Å². The Balaban J connectivity index is 3.06. The van der Waals surface area contributed by atoms with Crippen molar-refractivity contribution in [3.05, 3.63) is 39.5 Å². The molecule has 0 heterocycles. The number of rotatable bonds is 1. The van der Waals surface area contributed by atoms with Crippen molar-refractivity contribution in [1.29, 1.82) is 0 Å². The summed E-state index contributed by atoms with van der Waals surface area (Å²) in [6.45, 7) is 4.20. The van der Waals surface area contributed by atoms with E-state index in [2.05, 4.69) is 66.8 Å². The predicted molar refractivity (Wildman–Crippen MR) is 58.5 cm³/mol. The molecule has 0 radical (unpaired) electrons. The molecule has 11 heavy (non-hydrogen) atoms. The van der Waals surface area contributed by atoms with Crippen LogP contribution in [0.4, 0.5) is 0 Å². The molecule has 58 valence electrons. The molecule has 0 bridgehead atoms. The third-order valence-corrected chi connectivity index (χ3v) is 2.38. The zero-order valence-corrected chi connectivity index (χ0v) is 8.92. The normalized spacial score (nSPS) is 11.7. The summed E-state index contributed by atoms with van der Waals surface area (Å²) in [4.78, 5) is 0. The molecule has 0 spiro atoms. The maximum atomic E-state index is 2.33. The van der Waals surface area contributed by atoms with Crippen molar-refractivity contribution < 1.29 is 0 Å². The molecule has 0 unspecified atom stereocenters. The van der Waals surface area contributed by atoms with Crippen LogP contribution in [0.25, 0.3) is 5.57 Å². The van der Waals surface area contributed by atoms with Crippen molar-refractivity contribution in [3.8, 4) is 0 Å². The van der Waals surface area contributed by atoms with E-state index < -0.39 is 0 Å². The first-order valence-electron chi connectivity index (χ1n) is 3.63. The summed E-state index contributed by atoms with van der Waals surface area (Å²) in [5.41, 5.74) is 2.66. The lowest BCUT2D eigenvalue weighted by Crippen LogP contribution is -1.79. The number of hydrogen-bond acceptors (Lipinski definition) is 0. The molecule has 1 aromatic carbocycles. The van der Waals surface area contributed by atoms with Crippen LogP contribution >= 0.6 is 22.6 Å². The Bertz CT molecular complexity index is 274. The molecule has 0 atom stereocenters. The second kappa shape index (κ2) is 3.90. The van der Waals surface area contributed by atoms with Crippen LogP contribution < -0.4 is 0 Å². The lowest BCUT2D eigenvalue weighted by atomic mass is 10.1. The largest absolute Gasteiger partial charge is 0.0841 e. The number of allylic oxidation sites excluding steroid dienone is 2. The van der Waals surface area contributed by atoms with E-state index in [1.807, 2.05) is 0 Å². The smallest absolute Gasteiger partial charge is 0.0136 e. The van der Waals surface area contributed by atoms with Crippen LogP contribution in [-0.4, -0.2) is 0 Å². The van der Waals surface area contributed by atoms with E-state index in [4.69, 9.17) is 0 Å². The fourth-order valence-electron chi connectivity index (χ4n) is 0.900. The third kappa shape index (κ3) is 2.33. The molecular weight excluding hydrogens is 247 g/mol. The van der Waals surface area contributed by atoms with Crippen LogP contribution in [0.2, 0.25) is 0 Å². The molecule has 0 aliphatic carbocycles. The van der Waals surface area contributed by atoms with Crippen LogP contribution in [0.5, 0.6) is 0 Å². The summed E-state index contributed by atoms with van der Waals surface area (Å²) >= 11 is 2.33. The fraction of sp³-hybridized carbons (Fsp3) is 0.200. The van der Waals surface area contributed by atoms with Gasteiger partial charge in [0.05, 0.1) is 0 Å². The summed E-state index contributed by atoms with van der Waals surface area (Å²) in [7, 11) is 0. The van der Waals surface area contributed by atoms with Gasteiger partial charge in [-0.25, -0.2) is 0 Å². The van der Waals surface area contributed by atoms with Crippen LogP contribution in [-0.2, 0) is 0 Å². The van der Waals surface area contributed by atoms with Crippen LogP contribution in [0.15, 0.2) is 30.3 Å². The summed E-state index contributed by atoms with van der Waals surface area (Å²) in [5.74, 6) is 0. The van der Waals surface area contributed by atoms with Crippen LogP contribution in [0, 0.1) is 3.57 Å². The maximum absolute atomic E-state index is 2.33. The molecule has 1 rings (SSSR count). The van der Waals surface area contributed by atoms with Gasteiger partial charge in [-0.1, -0.05) is 18.2 Å². The minimum absolute atomic E-state index is 1.29. The van der Waals surface area contributed by atoms with Gasteiger partial charge in [-0.3, -0.25) is 0 Å². The van der Waals surface area contributed by atoms with Crippen molar-refractivity contribution in [1.82, 2.24) is 0 Å². The standard InChI is InChI=1S/C10H11I/c1-3-8(2)9-5-4-6-10(11)7-9/h3-7H,1-2H3/b8-3+. The average Bonchev–Trinajstić information content (AvgIpc) is 2.03. The summed E-state index contributed by atoms with van der Waals surface area (Å²) in [6, 6.07) is 8.52. The molecule has 0 N–H and O–H groups in total. The predicted octanol–water partition coefficient (Wildman–Crippen LogP) is 3.71. The van der Waals surface area contributed by atoms with Crippen molar-refractivity contribution in [2.24, 2.45) is 0 Å². The highest BCUT2D eigenvalue weighted by atomic mass is 127. The quantitative estimate of drug-likeness (QED) is 0.673. The Morgan fingerprint density at radius 2 is 2.18 bits per heavy atom. The van der Waals surface area contributed by atoms with Crippen molar-refractivity contribution in [2.45, 2.75) is 13.8 Å². The maximum Gasteiger partial charge on any atom is 0.0136 e. The fourth-order valence-corrected chi connectivity index (χ4v) is 1.44. The van der Waals surface area contributed by atoms with Gasteiger partial charge in [0.15, 0.2) is 0 Å². The molecule has 0 amide bonds. The minimum Gasteiger partial charge on any atom is -0.0841 e. The molecule has 0 aromatic heterocycles. The lowest BCUT2D eigenvalue weighted by molar-refractivity contribution is 1.52. The van der Waals surface area contributed by atoms with E-state index in [0.717, 1.165) is 0 Å². The highest BCUT2D eigenvalue weighted by molar-refractivity contribution is 14.1. The van der Waals surface area contributed by atoms with Crippen molar-refractivity contribution in [3.63, 3.8) is 0 Å². The summed E-state index contributed by atoms with van der Waals surface area (Å²) in [6.07, 6.45) is 2.13. The Kier molecular flexibility index (Phi) is 3.12. The van der Waals surface area contributed by atoms with Crippen LogP contribution in [0.3, 0.4) is 0 Å². The highest BCUT2D eigenvalue weighted by Gasteiger charge is 1.93. The molecule has 0 fully saturated rings. The average molecular weight is 258 g/mol. The van der Waals surface area contributed by atoms with Gasteiger partial charge in [0.1, 0.15) is 0 Å². The van der Waals surface area contributed by atoms with Gasteiger partial charge in [0, 0.05) is 3.57 Å². The lowest BCUT2D eigenvalue weighted by Gasteiger charge is -1.99. The Morgan fingerprint density at radius 3 is 2.73 bits per heavy atom.